The fourth-order valence-electron chi connectivity index (χ4n) is 3.43. The van der Waals surface area contributed by atoms with Crippen LogP contribution < -0.4 is 5.32 Å². The minimum Gasteiger partial charge on any atom is -0.350 e. The number of aromatic amines is 1. The molecular weight excluding hydrogens is 340 g/mol. The summed E-state index contributed by atoms with van der Waals surface area (Å²) in [6.45, 7) is 3.85. The first-order valence-electron chi connectivity index (χ1n) is 9.85. The number of benzene rings is 1. The number of unbranched alkanes of at least 4 members (excludes halogenated alkanes) is 2. The molecule has 6 heteroatoms. The van der Waals surface area contributed by atoms with Crippen molar-refractivity contribution in [2.75, 3.05) is 13.1 Å². The average molecular weight is 368 g/mol. The van der Waals surface area contributed by atoms with Crippen molar-refractivity contribution in [2.45, 2.75) is 52.0 Å². The van der Waals surface area contributed by atoms with Gasteiger partial charge in [-0.1, -0.05) is 50.1 Å². The van der Waals surface area contributed by atoms with Crippen molar-refractivity contribution in [1.82, 2.24) is 20.4 Å². The van der Waals surface area contributed by atoms with Crippen molar-refractivity contribution in [3.8, 4) is 0 Å². The molecule has 144 valence electrons. The molecule has 2 aromatic rings. The maximum atomic E-state index is 12.6. The molecule has 0 fully saturated rings. The van der Waals surface area contributed by atoms with E-state index in [2.05, 4.69) is 22.4 Å². The lowest BCUT2D eigenvalue weighted by Gasteiger charge is -2.27. The van der Waals surface area contributed by atoms with E-state index in [1.165, 1.54) is 5.56 Å². The molecule has 0 saturated heterocycles. The Morgan fingerprint density at radius 1 is 1.22 bits per heavy atom. The van der Waals surface area contributed by atoms with Gasteiger partial charge in [-0.15, -0.1) is 0 Å². The van der Waals surface area contributed by atoms with E-state index in [0.717, 1.165) is 43.4 Å². The Morgan fingerprint density at radius 3 is 2.81 bits per heavy atom. The maximum Gasteiger partial charge on any atom is 0.272 e. The van der Waals surface area contributed by atoms with Gasteiger partial charge in [0.15, 0.2) is 5.69 Å². The van der Waals surface area contributed by atoms with Crippen LogP contribution in [-0.4, -0.2) is 40.0 Å². The summed E-state index contributed by atoms with van der Waals surface area (Å²) < 4.78 is 0. The van der Waals surface area contributed by atoms with Crippen LogP contribution in [0.25, 0.3) is 0 Å². The van der Waals surface area contributed by atoms with Crippen LogP contribution in [0.1, 0.15) is 59.9 Å². The van der Waals surface area contributed by atoms with E-state index in [1.54, 1.807) is 0 Å². The molecule has 2 N–H and O–H groups in total. The van der Waals surface area contributed by atoms with Crippen LogP contribution in [0.3, 0.4) is 0 Å². The Balaban J connectivity index is 1.56. The zero-order chi connectivity index (χ0) is 19.1. The lowest BCUT2D eigenvalue weighted by Crippen LogP contribution is -2.37. The number of nitrogens with zero attached hydrogens (tertiary/aromatic N) is 2. The summed E-state index contributed by atoms with van der Waals surface area (Å²) >= 11 is 0. The van der Waals surface area contributed by atoms with Gasteiger partial charge in [0.2, 0.25) is 5.91 Å². The molecule has 0 unspecified atom stereocenters. The van der Waals surface area contributed by atoms with Crippen LogP contribution in [0.15, 0.2) is 30.3 Å². The highest BCUT2D eigenvalue weighted by Gasteiger charge is 2.27. The molecule has 6 nitrogen and oxygen atoms in total. The highest BCUT2D eigenvalue weighted by Crippen LogP contribution is 2.21. The Hall–Kier alpha value is -2.63. The molecule has 0 aliphatic carbocycles. The number of carbonyl (C=O) groups excluding carboxylic acids is 2. The molecule has 1 aromatic heterocycles. The van der Waals surface area contributed by atoms with Gasteiger partial charge in [-0.05, 0) is 18.4 Å². The molecule has 2 amide bonds. The Kier molecular flexibility index (Phi) is 6.63. The van der Waals surface area contributed by atoms with Crippen LogP contribution in [0.5, 0.6) is 0 Å². The fourth-order valence-corrected chi connectivity index (χ4v) is 3.43. The summed E-state index contributed by atoms with van der Waals surface area (Å²) in [5.41, 5.74) is 3.44. The first kappa shape index (κ1) is 19.1. The van der Waals surface area contributed by atoms with Gasteiger partial charge in [-0.2, -0.15) is 5.10 Å². The van der Waals surface area contributed by atoms with Crippen molar-refractivity contribution in [2.24, 2.45) is 0 Å². The Bertz CT molecular complexity index is 770. The number of hydrogen-bond acceptors (Lipinski definition) is 3. The van der Waals surface area contributed by atoms with E-state index in [4.69, 9.17) is 0 Å². The minimum absolute atomic E-state index is 0.172. The zero-order valence-corrected chi connectivity index (χ0v) is 16.0. The van der Waals surface area contributed by atoms with E-state index >= 15 is 0 Å². The monoisotopic (exact) mass is 368 g/mol. The Morgan fingerprint density at radius 2 is 2.04 bits per heavy atom. The van der Waals surface area contributed by atoms with Crippen LogP contribution in [-0.2, 0) is 24.2 Å². The van der Waals surface area contributed by atoms with Gasteiger partial charge >= 0.3 is 0 Å². The number of nitrogens with one attached hydrogen (secondary N) is 2. The topological polar surface area (TPSA) is 78.1 Å². The maximum absolute atomic E-state index is 12.6. The molecule has 1 aliphatic rings. The molecule has 27 heavy (non-hydrogen) atoms. The number of aromatic nitrogens is 2. The van der Waals surface area contributed by atoms with Crippen molar-refractivity contribution in [3.05, 3.63) is 52.8 Å². The smallest absolute Gasteiger partial charge is 0.272 e. The molecule has 3 rings (SSSR count). The molecule has 0 spiro atoms. The summed E-state index contributed by atoms with van der Waals surface area (Å²) in [7, 11) is 0. The number of H-pyrrole nitrogens is 1. The van der Waals surface area contributed by atoms with E-state index in [0.29, 0.717) is 31.7 Å². The van der Waals surface area contributed by atoms with Crippen molar-refractivity contribution >= 4 is 11.8 Å². The first-order valence-corrected chi connectivity index (χ1v) is 9.85. The highest BCUT2D eigenvalue weighted by atomic mass is 16.2. The number of rotatable bonds is 8. The van der Waals surface area contributed by atoms with Gasteiger partial charge in [-0.3, -0.25) is 14.7 Å². The molecule has 0 radical (unpaired) electrons. The molecule has 1 aromatic carbocycles. The van der Waals surface area contributed by atoms with Gasteiger partial charge in [0.05, 0.1) is 0 Å². The van der Waals surface area contributed by atoms with Crippen molar-refractivity contribution in [3.63, 3.8) is 0 Å². The second-order valence-electron chi connectivity index (χ2n) is 7.04. The average Bonchev–Trinajstić information content (AvgIpc) is 3.12. The number of carbonyl (C=O) groups is 2. The summed E-state index contributed by atoms with van der Waals surface area (Å²) in [4.78, 5) is 26.8. The van der Waals surface area contributed by atoms with Crippen LogP contribution in [0.4, 0.5) is 0 Å². The van der Waals surface area contributed by atoms with Crippen molar-refractivity contribution in [1.29, 1.82) is 0 Å². The lowest BCUT2D eigenvalue weighted by molar-refractivity contribution is -0.132. The predicted molar refractivity (Wildman–Crippen MR) is 104 cm³/mol. The zero-order valence-electron chi connectivity index (χ0n) is 16.0. The number of amides is 2. The molecular formula is C21H28N4O2. The van der Waals surface area contributed by atoms with Crippen LogP contribution in [0.2, 0.25) is 0 Å². The molecule has 0 saturated carbocycles. The van der Waals surface area contributed by atoms with E-state index < -0.39 is 0 Å². The molecule has 0 atom stereocenters. The third-order valence-electron chi connectivity index (χ3n) is 5.04. The van der Waals surface area contributed by atoms with Gasteiger partial charge < -0.3 is 10.2 Å². The van der Waals surface area contributed by atoms with Gasteiger partial charge in [0.25, 0.3) is 5.91 Å². The summed E-state index contributed by atoms with van der Waals surface area (Å²) in [6, 6.07) is 10.1. The normalized spacial score (nSPS) is 13.3. The first-order chi connectivity index (χ1) is 13.2. The summed E-state index contributed by atoms with van der Waals surface area (Å²) in [5.74, 6) is -0.00514. The van der Waals surface area contributed by atoms with Crippen LogP contribution >= 0.6 is 0 Å². The van der Waals surface area contributed by atoms with Gasteiger partial charge in [-0.25, -0.2) is 0 Å². The van der Waals surface area contributed by atoms with E-state index in [-0.39, 0.29) is 11.8 Å². The molecule has 1 aliphatic heterocycles. The number of fused-ring (bicyclic) bond motifs is 1. The largest absolute Gasteiger partial charge is 0.350 e. The second-order valence-corrected chi connectivity index (χ2v) is 7.04. The standard InChI is InChI=1S/C21H28N4O2/c1-2-3-5-10-19(26)25-14-12-18-17(15-25)20(24-23-18)21(27)22-13-11-16-8-6-4-7-9-16/h4,6-9H,2-3,5,10-15H2,1H3,(H,22,27)(H,23,24). The third kappa shape index (κ3) is 4.96. The molecule has 2 heterocycles. The second kappa shape index (κ2) is 9.35. The SMILES string of the molecule is CCCCCC(=O)N1CCc2[nH]nc(C(=O)NCCc3ccccc3)c2C1. The number of hydrogen-bond donors (Lipinski definition) is 2. The molecule has 0 bridgehead atoms. The summed E-state index contributed by atoms with van der Waals surface area (Å²) in [5, 5.41) is 10.1. The fraction of sp³-hybridized carbons (Fsp3) is 0.476. The van der Waals surface area contributed by atoms with Gasteiger partial charge in [0.1, 0.15) is 0 Å². The third-order valence-corrected chi connectivity index (χ3v) is 5.04. The quantitative estimate of drug-likeness (QED) is 0.703. The minimum atomic E-state index is -0.177. The Labute approximate surface area is 160 Å². The highest BCUT2D eigenvalue weighted by molar-refractivity contribution is 5.94. The van der Waals surface area contributed by atoms with Gasteiger partial charge in [0, 0.05) is 43.7 Å². The van der Waals surface area contributed by atoms with Crippen LogP contribution in [0, 0.1) is 0 Å². The van der Waals surface area contributed by atoms with E-state index in [1.807, 2.05) is 35.2 Å². The summed E-state index contributed by atoms with van der Waals surface area (Å²) in [6.07, 6.45) is 5.19. The van der Waals surface area contributed by atoms with Crippen molar-refractivity contribution < 1.29 is 9.59 Å². The lowest BCUT2D eigenvalue weighted by atomic mass is 10.0. The van der Waals surface area contributed by atoms with E-state index in [9.17, 15) is 9.59 Å². The predicted octanol–water partition coefficient (Wildman–Crippen LogP) is 2.85.